The van der Waals surface area contributed by atoms with E-state index in [9.17, 15) is 4.79 Å². The number of nitrogens with zero attached hydrogens (tertiary/aromatic N) is 3. The van der Waals surface area contributed by atoms with Gasteiger partial charge in [-0.05, 0) is 19.1 Å². The number of rotatable bonds is 4. The Bertz CT molecular complexity index is 1040. The van der Waals surface area contributed by atoms with Crippen LogP contribution in [0.5, 0.6) is 0 Å². The first-order chi connectivity index (χ1) is 12.7. The van der Waals surface area contributed by atoms with Crippen molar-refractivity contribution in [2.24, 2.45) is 0 Å². The van der Waals surface area contributed by atoms with Crippen LogP contribution in [0.1, 0.15) is 15.4 Å². The molecule has 0 radical (unpaired) electrons. The first-order valence-corrected chi connectivity index (χ1v) is 8.97. The van der Waals surface area contributed by atoms with Crippen LogP contribution in [-0.4, -0.2) is 20.7 Å². The zero-order chi connectivity index (χ0) is 17.9. The molecule has 2 heterocycles. The zero-order valence-electron chi connectivity index (χ0n) is 14.1. The van der Waals surface area contributed by atoms with Gasteiger partial charge in [0, 0.05) is 17.8 Å². The molecule has 0 aliphatic rings. The molecule has 4 aromatic rings. The quantitative estimate of drug-likeness (QED) is 0.580. The summed E-state index contributed by atoms with van der Waals surface area (Å²) in [6, 6.07) is 21.4. The van der Waals surface area contributed by atoms with E-state index in [-0.39, 0.29) is 5.91 Å². The average Bonchev–Trinajstić information content (AvgIpc) is 3.30. The summed E-state index contributed by atoms with van der Waals surface area (Å²) in [6.45, 7) is 1.85. The molecule has 5 nitrogen and oxygen atoms in total. The zero-order valence-corrected chi connectivity index (χ0v) is 14.9. The number of aromatic nitrogens is 3. The monoisotopic (exact) mass is 360 g/mol. The van der Waals surface area contributed by atoms with E-state index in [1.165, 1.54) is 11.3 Å². The van der Waals surface area contributed by atoms with Gasteiger partial charge in [-0.25, -0.2) is 9.67 Å². The number of carbonyl (C=O) groups is 1. The molecule has 26 heavy (non-hydrogen) atoms. The van der Waals surface area contributed by atoms with Crippen LogP contribution in [0.4, 0.5) is 5.82 Å². The summed E-state index contributed by atoms with van der Waals surface area (Å²) >= 11 is 1.39. The highest BCUT2D eigenvalue weighted by Crippen LogP contribution is 2.28. The number of hydrogen-bond donors (Lipinski definition) is 1. The minimum atomic E-state index is -0.194. The number of para-hydroxylation sites is 1. The Morgan fingerprint density at radius 3 is 2.42 bits per heavy atom. The molecule has 1 amide bonds. The van der Waals surface area contributed by atoms with Crippen LogP contribution in [0, 0.1) is 6.92 Å². The molecule has 0 fully saturated rings. The first-order valence-electron chi connectivity index (χ1n) is 8.16. The van der Waals surface area contributed by atoms with Crippen molar-refractivity contribution in [1.29, 1.82) is 0 Å². The number of hydrogen-bond acceptors (Lipinski definition) is 4. The van der Waals surface area contributed by atoms with Gasteiger partial charge in [-0.3, -0.25) is 4.79 Å². The van der Waals surface area contributed by atoms with E-state index in [1.54, 1.807) is 10.7 Å². The Balaban J connectivity index is 1.54. The van der Waals surface area contributed by atoms with Gasteiger partial charge < -0.3 is 5.32 Å². The van der Waals surface area contributed by atoms with Crippen molar-refractivity contribution in [3.8, 4) is 16.3 Å². The predicted octanol–water partition coefficient (Wildman–Crippen LogP) is 4.56. The molecule has 0 saturated heterocycles. The maximum atomic E-state index is 12.6. The fourth-order valence-corrected chi connectivity index (χ4v) is 3.57. The minimum Gasteiger partial charge on any atom is -0.304 e. The highest BCUT2D eigenvalue weighted by Gasteiger charge is 2.17. The molecule has 0 aliphatic carbocycles. The predicted molar refractivity (Wildman–Crippen MR) is 104 cm³/mol. The van der Waals surface area contributed by atoms with Crippen molar-refractivity contribution in [3.63, 3.8) is 0 Å². The number of amides is 1. The van der Waals surface area contributed by atoms with Crippen molar-refractivity contribution in [2.45, 2.75) is 6.92 Å². The molecule has 0 aliphatic heterocycles. The molecule has 0 atom stereocenters. The maximum Gasteiger partial charge on any atom is 0.268 e. The molecule has 0 saturated carbocycles. The van der Waals surface area contributed by atoms with Gasteiger partial charge in [0.05, 0.1) is 11.4 Å². The summed E-state index contributed by atoms with van der Waals surface area (Å²) in [5, 5.41) is 8.10. The molecule has 1 N–H and O–H groups in total. The van der Waals surface area contributed by atoms with Gasteiger partial charge in [-0.1, -0.05) is 48.5 Å². The van der Waals surface area contributed by atoms with E-state index in [0.717, 1.165) is 16.3 Å². The lowest BCUT2D eigenvalue weighted by atomic mass is 10.2. The third-order valence-electron chi connectivity index (χ3n) is 3.87. The van der Waals surface area contributed by atoms with E-state index >= 15 is 0 Å². The van der Waals surface area contributed by atoms with E-state index in [0.29, 0.717) is 16.4 Å². The lowest BCUT2D eigenvalue weighted by Gasteiger charge is -2.01. The number of aryl methyl sites for hydroxylation is 1. The number of carbonyl (C=O) groups excluding carboxylic acids is 1. The van der Waals surface area contributed by atoms with Gasteiger partial charge in [0.25, 0.3) is 5.91 Å². The standard InChI is InChI=1S/C20H16N4OS/c1-14-18(26-20(21-14)15-8-4-2-5-9-15)19(25)22-17-12-13-24(23-17)16-10-6-3-7-11-16/h2-13H,1H3,(H,22,23,25). The SMILES string of the molecule is Cc1nc(-c2ccccc2)sc1C(=O)Nc1ccn(-c2ccccc2)n1. The van der Waals surface area contributed by atoms with Crippen LogP contribution < -0.4 is 5.32 Å². The third-order valence-corrected chi connectivity index (χ3v) is 5.08. The van der Waals surface area contributed by atoms with Gasteiger partial charge in [-0.2, -0.15) is 5.10 Å². The first kappa shape index (κ1) is 16.2. The Kier molecular flexibility index (Phi) is 4.33. The fourth-order valence-electron chi connectivity index (χ4n) is 2.60. The number of benzene rings is 2. The molecule has 0 spiro atoms. The molecule has 2 aromatic carbocycles. The molecule has 6 heteroatoms. The summed E-state index contributed by atoms with van der Waals surface area (Å²) in [7, 11) is 0. The molecule has 2 aromatic heterocycles. The molecule has 4 rings (SSSR count). The summed E-state index contributed by atoms with van der Waals surface area (Å²) in [6.07, 6.45) is 1.82. The second-order valence-electron chi connectivity index (χ2n) is 5.73. The molecular formula is C20H16N4OS. The summed E-state index contributed by atoms with van der Waals surface area (Å²) < 4.78 is 1.73. The second-order valence-corrected chi connectivity index (χ2v) is 6.73. The minimum absolute atomic E-state index is 0.194. The number of nitrogens with one attached hydrogen (secondary N) is 1. The average molecular weight is 360 g/mol. The van der Waals surface area contributed by atoms with Crippen molar-refractivity contribution in [2.75, 3.05) is 5.32 Å². The van der Waals surface area contributed by atoms with Crippen molar-refractivity contribution < 1.29 is 4.79 Å². The van der Waals surface area contributed by atoms with E-state index in [4.69, 9.17) is 0 Å². The van der Waals surface area contributed by atoms with Gasteiger partial charge >= 0.3 is 0 Å². The van der Waals surface area contributed by atoms with Gasteiger partial charge in [0.2, 0.25) is 0 Å². The van der Waals surface area contributed by atoms with E-state index < -0.39 is 0 Å². The second kappa shape index (κ2) is 6.93. The molecule has 0 bridgehead atoms. The Morgan fingerprint density at radius 1 is 1.00 bits per heavy atom. The van der Waals surface area contributed by atoms with Crippen LogP contribution in [0.3, 0.4) is 0 Å². The Labute approximate surface area is 155 Å². The smallest absolute Gasteiger partial charge is 0.268 e. The van der Waals surface area contributed by atoms with Gasteiger partial charge in [-0.15, -0.1) is 11.3 Å². The number of anilines is 1. The van der Waals surface area contributed by atoms with Crippen molar-refractivity contribution >= 4 is 23.1 Å². The van der Waals surface area contributed by atoms with Gasteiger partial charge in [0.1, 0.15) is 9.88 Å². The Hall–Kier alpha value is -3.25. The normalized spacial score (nSPS) is 10.7. The van der Waals surface area contributed by atoms with Crippen LogP contribution >= 0.6 is 11.3 Å². The fraction of sp³-hybridized carbons (Fsp3) is 0.0500. The molecular weight excluding hydrogens is 344 g/mol. The van der Waals surface area contributed by atoms with Gasteiger partial charge in [0.15, 0.2) is 5.82 Å². The van der Waals surface area contributed by atoms with Crippen LogP contribution in [-0.2, 0) is 0 Å². The van der Waals surface area contributed by atoms with Crippen LogP contribution in [0.15, 0.2) is 72.9 Å². The van der Waals surface area contributed by atoms with E-state index in [2.05, 4.69) is 15.4 Å². The largest absolute Gasteiger partial charge is 0.304 e. The summed E-state index contributed by atoms with van der Waals surface area (Å²) in [5.41, 5.74) is 2.66. The highest BCUT2D eigenvalue weighted by atomic mass is 32.1. The summed E-state index contributed by atoms with van der Waals surface area (Å²) in [5.74, 6) is 0.313. The summed E-state index contributed by atoms with van der Waals surface area (Å²) in [4.78, 5) is 17.8. The topological polar surface area (TPSA) is 59.8 Å². The lowest BCUT2D eigenvalue weighted by molar-refractivity contribution is 0.102. The van der Waals surface area contributed by atoms with Crippen LogP contribution in [0.25, 0.3) is 16.3 Å². The molecule has 128 valence electrons. The molecule has 0 unspecified atom stereocenters. The maximum absolute atomic E-state index is 12.6. The lowest BCUT2D eigenvalue weighted by Crippen LogP contribution is -2.12. The number of thiazole rings is 1. The third kappa shape index (κ3) is 3.27. The van der Waals surface area contributed by atoms with Crippen molar-refractivity contribution in [3.05, 3.63) is 83.5 Å². The van der Waals surface area contributed by atoms with Crippen LogP contribution in [0.2, 0.25) is 0 Å². The van der Waals surface area contributed by atoms with Crippen molar-refractivity contribution in [1.82, 2.24) is 14.8 Å². The Morgan fingerprint density at radius 2 is 1.69 bits per heavy atom. The van der Waals surface area contributed by atoms with E-state index in [1.807, 2.05) is 73.8 Å². The highest BCUT2D eigenvalue weighted by molar-refractivity contribution is 7.17.